The van der Waals surface area contributed by atoms with Gasteiger partial charge in [-0.3, -0.25) is 0 Å². The largest absolute Gasteiger partial charge is 0.394 e. The number of rotatable bonds is 5. The lowest BCUT2D eigenvalue weighted by atomic mass is 9.81. The van der Waals surface area contributed by atoms with E-state index in [1.807, 2.05) is 11.8 Å². The van der Waals surface area contributed by atoms with Crippen molar-refractivity contribution in [2.75, 3.05) is 6.61 Å². The van der Waals surface area contributed by atoms with Crippen LogP contribution < -0.4 is 5.32 Å². The lowest BCUT2D eigenvalue weighted by Gasteiger charge is -2.41. The highest BCUT2D eigenvalue weighted by Gasteiger charge is 2.36. The molecule has 1 saturated carbocycles. The van der Waals surface area contributed by atoms with Gasteiger partial charge in [-0.15, -0.1) is 11.8 Å². The molecule has 1 aromatic rings. The van der Waals surface area contributed by atoms with Crippen LogP contribution in [0.25, 0.3) is 0 Å². The highest BCUT2D eigenvalue weighted by Crippen LogP contribution is 2.38. The van der Waals surface area contributed by atoms with Crippen molar-refractivity contribution in [1.29, 1.82) is 0 Å². The van der Waals surface area contributed by atoms with Gasteiger partial charge >= 0.3 is 0 Å². The number of hydrogen-bond acceptors (Lipinski definition) is 3. The second kappa shape index (κ2) is 6.97. The molecule has 0 saturated heterocycles. The van der Waals surface area contributed by atoms with Crippen LogP contribution in [0.1, 0.15) is 45.1 Å². The molecule has 112 valence electrons. The van der Waals surface area contributed by atoms with Gasteiger partial charge in [-0.05, 0) is 38.3 Å². The highest BCUT2D eigenvalue weighted by molar-refractivity contribution is 8.00. The van der Waals surface area contributed by atoms with Crippen molar-refractivity contribution in [3.05, 3.63) is 29.8 Å². The van der Waals surface area contributed by atoms with E-state index in [2.05, 4.69) is 50.4 Å². The summed E-state index contributed by atoms with van der Waals surface area (Å²) < 4.78 is 0. The first-order valence-corrected chi connectivity index (χ1v) is 8.53. The molecule has 3 heteroatoms. The summed E-state index contributed by atoms with van der Waals surface area (Å²) in [5, 5.41) is 14.0. The third kappa shape index (κ3) is 4.24. The van der Waals surface area contributed by atoms with Crippen molar-refractivity contribution < 1.29 is 5.11 Å². The second-order valence-corrected chi connectivity index (χ2v) is 7.76. The molecule has 0 spiro atoms. The molecule has 2 unspecified atom stereocenters. The Labute approximate surface area is 127 Å². The normalized spacial score (nSPS) is 26.9. The number of aliphatic hydroxyl groups is 1. The predicted molar refractivity (Wildman–Crippen MR) is 87.4 cm³/mol. The van der Waals surface area contributed by atoms with Crippen molar-refractivity contribution in [3.8, 4) is 0 Å². The van der Waals surface area contributed by atoms with E-state index >= 15 is 0 Å². The maximum absolute atomic E-state index is 9.84. The third-order valence-corrected chi connectivity index (χ3v) is 5.30. The fraction of sp³-hybridized carbons (Fsp3) is 0.647. The van der Waals surface area contributed by atoms with E-state index in [9.17, 15) is 5.11 Å². The molecule has 2 N–H and O–H groups in total. The molecule has 0 heterocycles. The number of aryl methyl sites for hydroxylation is 1. The van der Waals surface area contributed by atoms with E-state index in [0.29, 0.717) is 11.3 Å². The van der Waals surface area contributed by atoms with E-state index in [0.717, 1.165) is 12.8 Å². The van der Waals surface area contributed by atoms with Gasteiger partial charge in [0.2, 0.25) is 0 Å². The van der Waals surface area contributed by atoms with Crippen LogP contribution >= 0.6 is 11.8 Å². The molecule has 1 aromatic carbocycles. The Morgan fingerprint density at radius 1 is 1.35 bits per heavy atom. The fourth-order valence-electron chi connectivity index (χ4n) is 3.15. The average molecular weight is 293 g/mol. The Balaban J connectivity index is 2.00. The van der Waals surface area contributed by atoms with Crippen LogP contribution in [0.15, 0.2) is 29.2 Å². The Bertz CT molecular complexity index is 418. The summed E-state index contributed by atoms with van der Waals surface area (Å²) >= 11 is 1.97. The monoisotopic (exact) mass is 293 g/mol. The Morgan fingerprint density at radius 2 is 2.05 bits per heavy atom. The zero-order chi connectivity index (χ0) is 14.6. The molecule has 0 aliphatic heterocycles. The predicted octanol–water partition coefficient (Wildman–Crippen LogP) is 3.76. The Hall–Kier alpha value is -0.510. The van der Waals surface area contributed by atoms with Crippen molar-refractivity contribution in [2.24, 2.45) is 0 Å². The maximum atomic E-state index is 9.84. The molecule has 20 heavy (non-hydrogen) atoms. The van der Waals surface area contributed by atoms with Crippen LogP contribution in [0.3, 0.4) is 0 Å². The Morgan fingerprint density at radius 3 is 2.65 bits per heavy atom. The highest BCUT2D eigenvalue weighted by atomic mass is 32.2. The summed E-state index contributed by atoms with van der Waals surface area (Å²) in [5.74, 6) is 0. The molecule has 1 fully saturated rings. The molecule has 1 aliphatic carbocycles. The van der Waals surface area contributed by atoms with Gasteiger partial charge in [0.05, 0.1) is 6.61 Å². The number of hydrogen-bond donors (Lipinski definition) is 2. The van der Waals surface area contributed by atoms with Gasteiger partial charge in [0, 0.05) is 21.7 Å². The van der Waals surface area contributed by atoms with Crippen LogP contribution in [-0.4, -0.2) is 28.5 Å². The molecule has 1 aliphatic rings. The summed E-state index contributed by atoms with van der Waals surface area (Å²) in [6.07, 6.45) is 4.59. The molecule has 0 aromatic heterocycles. The zero-order valence-corrected chi connectivity index (χ0v) is 13.7. The van der Waals surface area contributed by atoms with Crippen LogP contribution in [0, 0.1) is 6.92 Å². The van der Waals surface area contributed by atoms with Gasteiger partial charge in [-0.1, -0.05) is 38.0 Å². The van der Waals surface area contributed by atoms with Gasteiger partial charge in [0.1, 0.15) is 0 Å². The lowest BCUT2D eigenvalue weighted by Crippen LogP contribution is -2.54. The quantitative estimate of drug-likeness (QED) is 0.867. The first-order chi connectivity index (χ1) is 9.53. The zero-order valence-electron chi connectivity index (χ0n) is 12.9. The SMILES string of the molecule is Cc1ccc(SC2CCCC(CO)(NC(C)C)C2)cc1. The smallest absolute Gasteiger partial charge is 0.0613 e. The van der Waals surface area contributed by atoms with E-state index in [1.54, 1.807) is 0 Å². The van der Waals surface area contributed by atoms with Crippen LogP contribution in [-0.2, 0) is 0 Å². The van der Waals surface area contributed by atoms with Gasteiger partial charge in [-0.2, -0.15) is 0 Å². The molecular weight excluding hydrogens is 266 g/mol. The van der Waals surface area contributed by atoms with Crippen molar-refractivity contribution >= 4 is 11.8 Å². The number of benzene rings is 1. The van der Waals surface area contributed by atoms with Crippen molar-refractivity contribution in [3.63, 3.8) is 0 Å². The van der Waals surface area contributed by atoms with E-state index in [-0.39, 0.29) is 12.1 Å². The minimum atomic E-state index is -0.0746. The molecule has 2 nitrogen and oxygen atoms in total. The number of thioether (sulfide) groups is 1. The number of aliphatic hydroxyl groups excluding tert-OH is 1. The molecule has 2 rings (SSSR count). The van der Waals surface area contributed by atoms with Gasteiger partial charge in [-0.25, -0.2) is 0 Å². The summed E-state index contributed by atoms with van der Waals surface area (Å²) in [4.78, 5) is 1.35. The fourth-order valence-corrected chi connectivity index (χ4v) is 4.52. The maximum Gasteiger partial charge on any atom is 0.0613 e. The van der Waals surface area contributed by atoms with E-state index in [1.165, 1.54) is 23.3 Å². The first-order valence-electron chi connectivity index (χ1n) is 7.65. The molecule has 0 amide bonds. The van der Waals surface area contributed by atoms with Gasteiger partial charge < -0.3 is 10.4 Å². The van der Waals surface area contributed by atoms with Crippen LogP contribution in [0.5, 0.6) is 0 Å². The van der Waals surface area contributed by atoms with E-state index in [4.69, 9.17) is 0 Å². The topological polar surface area (TPSA) is 32.3 Å². The van der Waals surface area contributed by atoms with Crippen molar-refractivity contribution in [1.82, 2.24) is 5.32 Å². The Kier molecular flexibility index (Phi) is 5.53. The van der Waals surface area contributed by atoms with Crippen LogP contribution in [0.2, 0.25) is 0 Å². The molecule has 0 radical (unpaired) electrons. The minimum absolute atomic E-state index is 0.0746. The molecule has 2 atom stereocenters. The molecular formula is C17H27NOS. The summed E-state index contributed by atoms with van der Waals surface area (Å²) in [7, 11) is 0. The van der Waals surface area contributed by atoms with Gasteiger partial charge in [0.25, 0.3) is 0 Å². The lowest BCUT2D eigenvalue weighted by molar-refractivity contribution is 0.115. The minimum Gasteiger partial charge on any atom is -0.394 e. The third-order valence-electron chi connectivity index (χ3n) is 4.02. The van der Waals surface area contributed by atoms with Crippen molar-refractivity contribution in [2.45, 2.75) is 68.2 Å². The summed E-state index contributed by atoms with van der Waals surface area (Å²) in [6, 6.07) is 9.20. The second-order valence-electron chi connectivity index (χ2n) is 6.39. The average Bonchev–Trinajstić information content (AvgIpc) is 2.41. The standard InChI is InChI=1S/C17H27NOS/c1-13(2)18-17(12-19)10-4-5-16(11-17)20-15-8-6-14(3)7-9-15/h6-9,13,16,18-19H,4-5,10-12H2,1-3H3. The van der Waals surface area contributed by atoms with Gasteiger partial charge in [0.15, 0.2) is 0 Å². The van der Waals surface area contributed by atoms with Crippen LogP contribution in [0.4, 0.5) is 0 Å². The van der Waals surface area contributed by atoms with E-state index < -0.39 is 0 Å². The first kappa shape index (κ1) is 15.9. The summed E-state index contributed by atoms with van der Waals surface area (Å²) in [5.41, 5.74) is 1.23. The summed E-state index contributed by atoms with van der Waals surface area (Å²) in [6.45, 7) is 6.69. The molecule has 0 bridgehead atoms. The number of nitrogens with one attached hydrogen (secondary N) is 1.